The number of carbonyl (C=O) groups is 1. The van der Waals surface area contributed by atoms with Crippen molar-refractivity contribution in [3.05, 3.63) is 35.6 Å². The van der Waals surface area contributed by atoms with Crippen LogP contribution < -0.4 is 10.6 Å². The molecule has 0 aromatic heterocycles. The van der Waals surface area contributed by atoms with Crippen molar-refractivity contribution in [1.82, 2.24) is 10.6 Å². The Balaban J connectivity index is 2.01. The van der Waals surface area contributed by atoms with Crippen molar-refractivity contribution in [1.29, 1.82) is 0 Å². The van der Waals surface area contributed by atoms with Gasteiger partial charge < -0.3 is 15.7 Å². The minimum atomic E-state index is -0.614. The summed E-state index contributed by atoms with van der Waals surface area (Å²) >= 11 is 0. The summed E-state index contributed by atoms with van der Waals surface area (Å²) in [5.41, 5.74) is 0.471. The molecule has 1 aliphatic rings. The quantitative estimate of drug-likeness (QED) is 0.754. The molecule has 0 unspecified atom stereocenters. The number of hydrogen-bond acceptors (Lipinski definition) is 2. The Morgan fingerprint density at radius 1 is 1.32 bits per heavy atom. The highest BCUT2D eigenvalue weighted by Crippen LogP contribution is 2.40. The summed E-state index contributed by atoms with van der Waals surface area (Å²) < 4.78 is 25.0. The molecule has 0 heterocycles. The van der Waals surface area contributed by atoms with Crippen LogP contribution in [0.4, 0.5) is 13.6 Å². The van der Waals surface area contributed by atoms with Gasteiger partial charge in [0.2, 0.25) is 0 Å². The van der Waals surface area contributed by atoms with Crippen LogP contribution in [-0.2, 0) is 6.42 Å². The van der Waals surface area contributed by atoms with Crippen molar-refractivity contribution >= 4 is 6.03 Å². The van der Waals surface area contributed by atoms with Crippen LogP contribution in [0, 0.1) is 11.2 Å². The number of urea groups is 1. The highest BCUT2D eigenvalue weighted by molar-refractivity contribution is 5.73. The number of aliphatic hydroxyl groups is 1. The topological polar surface area (TPSA) is 61.4 Å². The molecule has 22 heavy (non-hydrogen) atoms. The van der Waals surface area contributed by atoms with E-state index in [1.807, 2.05) is 0 Å². The van der Waals surface area contributed by atoms with E-state index in [2.05, 4.69) is 10.6 Å². The summed E-state index contributed by atoms with van der Waals surface area (Å²) in [5.74, 6) is -0.298. The first-order valence-electron chi connectivity index (χ1n) is 7.56. The Hall–Kier alpha value is -1.69. The average molecular weight is 312 g/mol. The minimum absolute atomic E-state index is 0.0284. The van der Waals surface area contributed by atoms with Crippen LogP contribution in [-0.4, -0.2) is 37.0 Å². The Labute approximate surface area is 128 Å². The Morgan fingerprint density at radius 3 is 2.64 bits per heavy atom. The molecule has 1 aromatic carbocycles. The van der Waals surface area contributed by atoms with Crippen molar-refractivity contribution in [2.45, 2.75) is 31.8 Å². The molecule has 1 saturated carbocycles. The smallest absolute Gasteiger partial charge is 0.314 e. The van der Waals surface area contributed by atoms with E-state index in [9.17, 15) is 18.7 Å². The fourth-order valence-electron chi connectivity index (χ4n) is 3.08. The number of rotatable bonds is 6. The standard InChI is InChI=1S/C16H22F2N2O2/c17-8-9-19-15(22)20-11-16(7-1-2-14(16)21)10-12-3-5-13(18)6-4-12/h3-6,14,21H,1-2,7-11H2,(H2,19,20,22)/t14-,16-/m0/s1. The first-order chi connectivity index (χ1) is 10.6. The second kappa shape index (κ2) is 7.54. The Kier molecular flexibility index (Phi) is 5.71. The molecule has 0 saturated heterocycles. The minimum Gasteiger partial charge on any atom is -0.392 e. The molecule has 1 aromatic rings. The van der Waals surface area contributed by atoms with Gasteiger partial charge in [0.25, 0.3) is 0 Å². The lowest BCUT2D eigenvalue weighted by Crippen LogP contribution is -2.47. The molecular weight excluding hydrogens is 290 g/mol. The number of nitrogens with one attached hydrogen (secondary N) is 2. The summed E-state index contributed by atoms with van der Waals surface area (Å²) in [7, 11) is 0. The zero-order valence-corrected chi connectivity index (χ0v) is 12.4. The second-order valence-corrected chi connectivity index (χ2v) is 5.87. The van der Waals surface area contributed by atoms with Crippen molar-refractivity contribution in [2.75, 3.05) is 19.8 Å². The number of benzene rings is 1. The predicted octanol–water partition coefficient (Wildman–Crippen LogP) is 2.17. The predicted molar refractivity (Wildman–Crippen MR) is 79.8 cm³/mol. The molecule has 122 valence electrons. The highest BCUT2D eigenvalue weighted by Gasteiger charge is 2.42. The maximum Gasteiger partial charge on any atom is 0.314 e. The lowest BCUT2D eigenvalue weighted by Gasteiger charge is -2.33. The zero-order valence-electron chi connectivity index (χ0n) is 12.4. The maximum atomic E-state index is 13.0. The number of aliphatic hydroxyl groups excluding tert-OH is 1. The van der Waals surface area contributed by atoms with Crippen LogP contribution >= 0.6 is 0 Å². The number of amides is 2. The molecule has 1 fully saturated rings. The third-order valence-electron chi connectivity index (χ3n) is 4.31. The van der Waals surface area contributed by atoms with Gasteiger partial charge in [-0.3, -0.25) is 0 Å². The van der Waals surface area contributed by atoms with Crippen LogP contribution in [0.5, 0.6) is 0 Å². The molecule has 1 aliphatic carbocycles. The average Bonchev–Trinajstić information content (AvgIpc) is 2.87. The molecule has 2 rings (SSSR count). The zero-order chi connectivity index (χ0) is 16.0. The van der Waals surface area contributed by atoms with Gasteiger partial charge in [0, 0.05) is 18.5 Å². The van der Waals surface area contributed by atoms with Crippen molar-refractivity contribution < 1.29 is 18.7 Å². The summed E-state index contributed by atoms with van der Waals surface area (Å²) in [4.78, 5) is 11.6. The van der Waals surface area contributed by atoms with Gasteiger partial charge in [0.05, 0.1) is 6.10 Å². The highest BCUT2D eigenvalue weighted by atomic mass is 19.1. The molecule has 4 nitrogen and oxygen atoms in total. The number of hydrogen-bond donors (Lipinski definition) is 3. The van der Waals surface area contributed by atoms with Gasteiger partial charge in [-0.2, -0.15) is 0 Å². The molecular formula is C16H22F2N2O2. The molecule has 0 spiro atoms. The van der Waals surface area contributed by atoms with E-state index >= 15 is 0 Å². The maximum absolute atomic E-state index is 13.0. The monoisotopic (exact) mass is 312 g/mol. The van der Waals surface area contributed by atoms with Crippen LogP contribution in [0.1, 0.15) is 24.8 Å². The van der Waals surface area contributed by atoms with Crippen LogP contribution in [0.25, 0.3) is 0 Å². The summed E-state index contributed by atoms with van der Waals surface area (Å²) in [6.07, 6.45) is 2.41. The van der Waals surface area contributed by atoms with Gasteiger partial charge >= 0.3 is 6.03 Å². The lowest BCUT2D eigenvalue weighted by molar-refractivity contribution is 0.0540. The fraction of sp³-hybridized carbons (Fsp3) is 0.562. The fourth-order valence-corrected chi connectivity index (χ4v) is 3.08. The normalized spacial score (nSPS) is 24.2. The third kappa shape index (κ3) is 4.16. The van der Waals surface area contributed by atoms with E-state index in [-0.39, 0.29) is 12.4 Å². The molecule has 0 aliphatic heterocycles. The largest absolute Gasteiger partial charge is 0.392 e. The lowest BCUT2D eigenvalue weighted by atomic mass is 9.78. The van der Waals surface area contributed by atoms with E-state index in [0.717, 1.165) is 18.4 Å². The number of halogens is 2. The Morgan fingerprint density at radius 2 is 2.05 bits per heavy atom. The van der Waals surface area contributed by atoms with Gasteiger partial charge in [-0.1, -0.05) is 18.6 Å². The van der Waals surface area contributed by atoms with E-state index in [4.69, 9.17) is 0 Å². The van der Waals surface area contributed by atoms with Crippen LogP contribution in [0.15, 0.2) is 24.3 Å². The van der Waals surface area contributed by atoms with E-state index in [1.54, 1.807) is 12.1 Å². The summed E-state index contributed by atoms with van der Waals surface area (Å²) in [6, 6.07) is 5.75. The first kappa shape index (κ1) is 16.7. The molecule has 2 atom stereocenters. The number of carbonyl (C=O) groups excluding carboxylic acids is 1. The first-order valence-corrected chi connectivity index (χ1v) is 7.56. The molecule has 2 amide bonds. The van der Waals surface area contributed by atoms with Crippen LogP contribution in [0.3, 0.4) is 0 Å². The van der Waals surface area contributed by atoms with Crippen molar-refractivity contribution in [3.63, 3.8) is 0 Å². The van der Waals surface area contributed by atoms with E-state index in [0.29, 0.717) is 19.4 Å². The van der Waals surface area contributed by atoms with Gasteiger partial charge in [-0.25, -0.2) is 13.6 Å². The SMILES string of the molecule is O=C(NCCF)NC[C@@]1(Cc2ccc(F)cc2)CCC[C@@H]1O. The number of alkyl halides is 1. The second-order valence-electron chi connectivity index (χ2n) is 5.87. The van der Waals surface area contributed by atoms with E-state index < -0.39 is 24.2 Å². The molecule has 0 bridgehead atoms. The van der Waals surface area contributed by atoms with Gasteiger partial charge in [-0.15, -0.1) is 0 Å². The van der Waals surface area contributed by atoms with Crippen molar-refractivity contribution in [3.8, 4) is 0 Å². The molecule has 3 N–H and O–H groups in total. The summed E-state index contributed by atoms with van der Waals surface area (Å²) in [6.45, 7) is -0.334. The van der Waals surface area contributed by atoms with Gasteiger partial charge in [-0.05, 0) is 37.0 Å². The van der Waals surface area contributed by atoms with Gasteiger partial charge in [0.15, 0.2) is 0 Å². The van der Waals surface area contributed by atoms with E-state index in [1.165, 1.54) is 12.1 Å². The third-order valence-corrected chi connectivity index (χ3v) is 4.31. The van der Waals surface area contributed by atoms with Gasteiger partial charge in [0.1, 0.15) is 12.5 Å². The molecule has 0 radical (unpaired) electrons. The Bertz CT molecular complexity index is 495. The molecule has 6 heteroatoms. The van der Waals surface area contributed by atoms with Crippen LogP contribution in [0.2, 0.25) is 0 Å². The summed E-state index contributed by atoms with van der Waals surface area (Å²) in [5, 5.41) is 15.5. The van der Waals surface area contributed by atoms with Crippen molar-refractivity contribution in [2.24, 2.45) is 5.41 Å².